The second-order valence-corrected chi connectivity index (χ2v) is 18.0. The SMILES string of the molecule is CC1(C)C(NC(=O)c2ccc(N3CCC(CN4CCC(n5ccc6c(N7CCC(=O)NC7=O)nccc65)CC4)CC3)nn2)C(C)(C)C1Oc1ccc(C#N)c2ncccc12.Cl. The van der Waals surface area contributed by atoms with E-state index in [4.69, 9.17) is 4.74 Å². The minimum Gasteiger partial charge on any atom is -0.488 e. The van der Waals surface area contributed by atoms with Gasteiger partial charge in [-0.15, -0.1) is 22.6 Å². The lowest BCUT2D eigenvalue weighted by atomic mass is 9.49. The predicted molar refractivity (Wildman–Crippen MR) is 234 cm³/mol. The number of fused-ring (bicyclic) bond motifs is 2. The van der Waals surface area contributed by atoms with Gasteiger partial charge >= 0.3 is 6.03 Å². The number of nitrogens with one attached hydrogen (secondary N) is 2. The third kappa shape index (κ3) is 7.72. The third-order valence-electron chi connectivity index (χ3n) is 13.4. The number of carbonyl (C=O) groups excluding carboxylic acids is 3. The molecule has 7 heterocycles. The van der Waals surface area contributed by atoms with Gasteiger partial charge < -0.3 is 24.4 Å². The van der Waals surface area contributed by atoms with Crippen molar-refractivity contribution in [3.05, 3.63) is 78.4 Å². The molecule has 5 aromatic rings. The minimum absolute atomic E-state index is 0. The van der Waals surface area contributed by atoms with E-state index in [1.54, 1.807) is 29.4 Å². The molecule has 15 nitrogen and oxygen atoms in total. The number of amides is 4. The molecule has 0 unspecified atom stereocenters. The average molecular weight is 846 g/mol. The second-order valence-electron chi connectivity index (χ2n) is 18.0. The number of pyridine rings is 2. The number of hydrogen-bond donors (Lipinski definition) is 2. The van der Waals surface area contributed by atoms with Crippen LogP contribution in [0.15, 0.2) is 67.1 Å². The van der Waals surface area contributed by atoms with E-state index in [9.17, 15) is 19.6 Å². The van der Waals surface area contributed by atoms with Crippen LogP contribution in [-0.2, 0) is 4.79 Å². The standard InChI is InChI=1S/C45H51N11O4.ClH/c1-44(2)41(45(3,4)42(44)60-35-9-7-29(26-46)38-32(35)6-5-18-47-38)50-40(58)33-8-10-36(52-51-33)54-22-12-28(13-23-54)27-53-20-14-30(15-21-53)55-24-16-31-34(55)11-19-48-39(31)56-25-17-37(57)49-43(56)59;/h5-11,16,18-19,24,28,30,41-42H,12-15,17,20-23,25,27H2,1-4H3,(H,50,58)(H,49,57,59);1H. The van der Waals surface area contributed by atoms with Gasteiger partial charge in [-0.05, 0) is 80.1 Å². The third-order valence-corrected chi connectivity index (χ3v) is 13.4. The summed E-state index contributed by atoms with van der Waals surface area (Å²) in [5, 5.41) is 25.8. The Morgan fingerprint density at radius 1 is 0.902 bits per heavy atom. The van der Waals surface area contributed by atoms with E-state index in [-0.39, 0.29) is 48.5 Å². The van der Waals surface area contributed by atoms with Gasteiger partial charge in [0, 0.05) is 98.0 Å². The van der Waals surface area contributed by atoms with Crippen molar-refractivity contribution < 1.29 is 19.1 Å². The first-order valence-electron chi connectivity index (χ1n) is 21.1. The van der Waals surface area contributed by atoms with Crippen molar-refractivity contribution in [2.24, 2.45) is 16.7 Å². The molecule has 3 aliphatic heterocycles. The molecule has 0 spiro atoms. The fourth-order valence-electron chi connectivity index (χ4n) is 10.5. The first-order chi connectivity index (χ1) is 28.9. The molecular weight excluding hydrogens is 794 g/mol. The number of piperidine rings is 2. The number of carbonyl (C=O) groups is 3. The van der Waals surface area contributed by atoms with Gasteiger partial charge in [0.15, 0.2) is 11.5 Å². The van der Waals surface area contributed by atoms with E-state index in [2.05, 4.69) is 85.1 Å². The zero-order valence-electron chi connectivity index (χ0n) is 35.0. The Labute approximate surface area is 361 Å². The largest absolute Gasteiger partial charge is 0.488 e. The van der Waals surface area contributed by atoms with Gasteiger partial charge in [0.25, 0.3) is 5.91 Å². The lowest BCUT2D eigenvalue weighted by Crippen LogP contribution is -2.74. The Hall–Kier alpha value is -5.85. The summed E-state index contributed by atoms with van der Waals surface area (Å²) < 4.78 is 8.97. The van der Waals surface area contributed by atoms with Crippen LogP contribution in [0.2, 0.25) is 0 Å². The van der Waals surface area contributed by atoms with Crippen molar-refractivity contribution in [3.63, 3.8) is 0 Å². The summed E-state index contributed by atoms with van der Waals surface area (Å²) in [4.78, 5) is 53.2. The van der Waals surface area contributed by atoms with E-state index in [0.29, 0.717) is 41.2 Å². The van der Waals surface area contributed by atoms with Crippen LogP contribution in [0.25, 0.3) is 21.8 Å². The quantitative estimate of drug-likeness (QED) is 0.171. The summed E-state index contributed by atoms with van der Waals surface area (Å²) in [7, 11) is 0. The Bertz CT molecular complexity index is 2490. The Morgan fingerprint density at radius 3 is 2.38 bits per heavy atom. The Balaban J connectivity index is 0.00000514. The zero-order chi connectivity index (χ0) is 41.8. The number of nitriles is 1. The summed E-state index contributed by atoms with van der Waals surface area (Å²) in [6.45, 7) is 13.7. The van der Waals surface area contributed by atoms with Crippen LogP contribution in [0, 0.1) is 28.1 Å². The van der Waals surface area contributed by atoms with Crippen molar-refractivity contribution in [2.45, 2.75) is 78.0 Å². The molecule has 3 saturated heterocycles. The van der Waals surface area contributed by atoms with E-state index >= 15 is 0 Å². The number of aromatic nitrogens is 5. The molecule has 4 amide bonds. The number of anilines is 2. The summed E-state index contributed by atoms with van der Waals surface area (Å²) in [6.07, 6.45) is 9.84. The Morgan fingerprint density at radius 2 is 1.67 bits per heavy atom. The molecule has 4 aliphatic rings. The molecule has 4 fully saturated rings. The molecule has 1 aromatic carbocycles. The van der Waals surface area contributed by atoms with E-state index in [0.717, 1.165) is 80.5 Å². The topological polar surface area (TPSA) is 174 Å². The molecular formula is C45H52ClN11O4. The van der Waals surface area contributed by atoms with Crippen molar-refractivity contribution in [3.8, 4) is 11.8 Å². The number of ether oxygens (including phenoxy) is 1. The normalized spacial score (nSPS) is 22.0. The minimum atomic E-state index is -0.418. The number of likely N-dealkylation sites (tertiary alicyclic amines) is 1. The zero-order valence-corrected chi connectivity index (χ0v) is 35.8. The van der Waals surface area contributed by atoms with Gasteiger partial charge in [-0.3, -0.25) is 24.8 Å². The molecule has 2 N–H and O–H groups in total. The maximum absolute atomic E-state index is 13.6. The molecule has 0 atom stereocenters. The van der Waals surface area contributed by atoms with E-state index in [1.165, 1.54) is 0 Å². The first kappa shape index (κ1) is 41.9. The van der Waals surface area contributed by atoms with Crippen LogP contribution in [0.3, 0.4) is 0 Å². The van der Waals surface area contributed by atoms with Gasteiger partial charge in [-0.1, -0.05) is 27.7 Å². The second kappa shape index (κ2) is 16.5. The van der Waals surface area contributed by atoms with Gasteiger partial charge in [0.2, 0.25) is 5.91 Å². The van der Waals surface area contributed by atoms with Gasteiger partial charge in [0.1, 0.15) is 23.7 Å². The van der Waals surface area contributed by atoms with Gasteiger partial charge in [-0.25, -0.2) is 9.78 Å². The van der Waals surface area contributed by atoms with Crippen molar-refractivity contribution >= 4 is 63.7 Å². The smallest absolute Gasteiger partial charge is 0.329 e. The Kier molecular flexibility index (Phi) is 11.4. The van der Waals surface area contributed by atoms with Crippen molar-refractivity contribution in [1.82, 2.24) is 40.3 Å². The average Bonchev–Trinajstić information content (AvgIpc) is 3.70. The molecule has 0 bridgehead atoms. The molecule has 4 aromatic heterocycles. The highest BCUT2D eigenvalue weighted by Crippen LogP contribution is 2.56. The highest BCUT2D eigenvalue weighted by Gasteiger charge is 2.64. The molecule has 9 rings (SSSR count). The van der Waals surface area contributed by atoms with Crippen LogP contribution in [-0.4, -0.2) is 98.9 Å². The molecule has 318 valence electrons. The van der Waals surface area contributed by atoms with Crippen LogP contribution >= 0.6 is 12.4 Å². The monoisotopic (exact) mass is 845 g/mol. The number of urea groups is 1. The fraction of sp³-hybridized carbons (Fsp3) is 0.467. The summed E-state index contributed by atoms with van der Waals surface area (Å²) in [6, 6.07) is 17.1. The molecule has 1 saturated carbocycles. The van der Waals surface area contributed by atoms with Gasteiger partial charge in [-0.2, -0.15) is 5.26 Å². The van der Waals surface area contributed by atoms with Gasteiger partial charge in [0.05, 0.1) is 16.6 Å². The number of nitrogens with zero attached hydrogens (tertiary/aromatic N) is 9. The lowest BCUT2D eigenvalue weighted by molar-refractivity contribution is -0.163. The van der Waals surface area contributed by atoms with Crippen molar-refractivity contribution in [1.29, 1.82) is 5.26 Å². The predicted octanol–water partition coefficient (Wildman–Crippen LogP) is 6.28. The number of imide groups is 1. The number of hydrogen-bond acceptors (Lipinski definition) is 11. The first-order valence-corrected chi connectivity index (χ1v) is 21.1. The highest BCUT2D eigenvalue weighted by atomic mass is 35.5. The summed E-state index contributed by atoms with van der Waals surface area (Å²) >= 11 is 0. The van der Waals surface area contributed by atoms with E-state index in [1.807, 2.05) is 36.4 Å². The molecule has 16 heteroatoms. The van der Waals surface area contributed by atoms with Crippen LogP contribution in [0.5, 0.6) is 5.75 Å². The highest BCUT2D eigenvalue weighted by molar-refractivity contribution is 6.08. The summed E-state index contributed by atoms with van der Waals surface area (Å²) in [5.74, 6) is 2.15. The van der Waals surface area contributed by atoms with Crippen LogP contribution < -0.4 is 25.2 Å². The number of benzene rings is 1. The maximum Gasteiger partial charge on any atom is 0.329 e. The fourth-order valence-corrected chi connectivity index (χ4v) is 10.5. The number of halogens is 1. The molecule has 1 aliphatic carbocycles. The maximum atomic E-state index is 13.6. The molecule has 61 heavy (non-hydrogen) atoms. The summed E-state index contributed by atoms with van der Waals surface area (Å²) in [5.41, 5.74) is 1.68. The van der Waals surface area contributed by atoms with Crippen molar-refractivity contribution in [2.75, 3.05) is 49.1 Å². The van der Waals surface area contributed by atoms with Crippen LogP contribution in [0.4, 0.5) is 16.4 Å². The van der Waals surface area contributed by atoms with E-state index < -0.39 is 16.9 Å². The van der Waals surface area contributed by atoms with Crippen LogP contribution in [0.1, 0.15) is 81.9 Å². The molecule has 0 radical (unpaired) electrons. The number of rotatable bonds is 9. The lowest BCUT2D eigenvalue weighted by Gasteiger charge is -2.63.